The lowest BCUT2D eigenvalue weighted by atomic mass is 10.0. The Bertz CT molecular complexity index is 1160. The van der Waals surface area contributed by atoms with Crippen LogP contribution in [0.5, 0.6) is 5.75 Å². The smallest absolute Gasteiger partial charge is 0.269 e. The quantitative estimate of drug-likeness (QED) is 0.495. The van der Waals surface area contributed by atoms with Crippen LogP contribution < -0.4 is 4.74 Å². The molecule has 1 heterocycles. The van der Waals surface area contributed by atoms with Crippen LogP contribution in [-0.4, -0.2) is 28.8 Å². The second-order valence-corrected chi connectivity index (χ2v) is 6.45. The summed E-state index contributed by atoms with van der Waals surface area (Å²) in [6, 6.07) is 17.2. The molecule has 0 fully saturated rings. The van der Waals surface area contributed by atoms with Crippen molar-refractivity contribution in [2.75, 3.05) is 7.11 Å². The molecule has 4 rings (SSSR count). The molecule has 0 bridgehead atoms. The number of hydrogen-bond acceptors (Lipinski definition) is 6. The minimum Gasteiger partial charge on any atom is -0.496 e. The van der Waals surface area contributed by atoms with Gasteiger partial charge in [0.25, 0.3) is 5.69 Å². The molecule has 3 aromatic rings. The van der Waals surface area contributed by atoms with Gasteiger partial charge in [-0.2, -0.15) is 5.01 Å². The van der Waals surface area contributed by atoms with Crippen LogP contribution in [0.15, 0.2) is 65.8 Å². The highest BCUT2D eigenvalue weighted by atomic mass is 16.6. The highest BCUT2D eigenvalue weighted by Gasteiger charge is 2.34. The number of non-ortho nitro benzene ring substituents is 1. The summed E-state index contributed by atoms with van der Waals surface area (Å²) in [5.41, 5.74) is 1.07. The van der Waals surface area contributed by atoms with E-state index in [0.29, 0.717) is 16.9 Å². The van der Waals surface area contributed by atoms with Gasteiger partial charge in [0.05, 0.1) is 12.0 Å². The van der Waals surface area contributed by atoms with Crippen molar-refractivity contribution in [1.29, 1.82) is 0 Å². The topological polar surface area (TPSA) is 94.3 Å². The molecule has 1 atom stereocenters. The van der Waals surface area contributed by atoms with E-state index in [9.17, 15) is 14.9 Å². The van der Waals surface area contributed by atoms with Crippen molar-refractivity contribution < 1.29 is 19.2 Å². The molecule has 0 unspecified atom stereocenters. The third kappa shape index (κ3) is 3.25. The van der Waals surface area contributed by atoms with Crippen LogP contribution in [0.2, 0.25) is 0 Å². The number of carbonyl (C=O) groups is 1. The predicted molar refractivity (Wildman–Crippen MR) is 106 cm³/mol. The number of nitrogens with zero attached hydrogens (tertiary/aromatic N) is 3. The summed E-state index contributed by atoms with van der Waals surface area (Å²) in [7, 11) is 1.60. The first-order valence-corrected chi connectivity index (χ1v) is 8.85. The summed E-state index contributed by atoms with van der Waals surface area (Å²) in [6.07, 6.45) is -0.886. The first kappa shape index (κ1) is 18.4. The highest BCUT2D eigenvalue weighted by Crippen LogP contribution is 2.35. The fraction of sp³-hybridized carbons (Fsp3) is 0.143. The Morgan fingerprint density at radius 2 is 1.90 bits per heavy atom. The van der Waals surface area contributed by atoms with Gasteiger partial charge < -0.3 is 9.47 Å². The molecule has 29 heavy (non-hydrogen) atoms. The van der Waals surface area contributed by atoms with Crippen molar-refractivity contribution in [3.05, 3.63) is 81.9 Å². The monoisotopic (exact) mass is 391 g/mol. The maximum Gasteiger partial charge on any atom is 0.269 e. The Hall–Kier alpha value is -3.94. The normalized spacial score (nSPS) is 15.7. The van der Waals surface area contributed by atoms with E-state index in [1.165, 1.54) is 24.1 Å². The van der Waals surface area contributed by atoms with Crippen LogP contribution in [0.1, 0.15) is 24.3 Å². The van der Waals surface area contributed by atoms with E-state index in [-0.39, 0.29) is 17.5 Å². The van der Waals surface area contributed by atoms with Crippen molar-refractivity contribution in [2.45, 2.75) is 13.2 Å². The van der Waals surface area contributed by atoms with Crippen molar-refractivity contribution in [2.24, 2.45) is 5.10 Å². The lowest BCUT2D eigenvalue weighted by molar-refractivity contribution is -0.385. The second-order valence-electron chi connectivity index (χ2n) is 6.45. The third-order valence-corrected chi connectivity index (χ3v) is 4.67. The Morgan fingerprint density at radius 1 is 1.14 bits per heavy atom. The molecule has 0 aliphatic carbocycles. The third-order valence-electron chi connectivity index (χ3n) is 4.67. The summed E-state index contributed by atoms with van der Waals surface area (Å²) < 4.78 is 11.4. The second kappa shape index (κ2) is 7.23. The highest BCUT2D eigenvalue weighted by molar-refractivity contribution is 6.09. The lowest BCUT2D eigenvalue weighted by Crippen LogP contribution is -2.25. The van der Waals surface area contributed by atoms with Gasteiger partial charge in [-0.1, -0.05) is 36.4 Å². The van der Waals surface area contributed by atoms with Gasteiger partial charge in [0.2, 0.25) is 18.0 Å². The van der Waals surface area contributed by atoms with E-state index in [0.717, 1.165) is 10.8 Å². The Morgan fingerprint density at radius 3 is 2.59 bits per heavy atom. The fourth-order valence-electron chi connectivity index (χ4n) is 3.32. The van der Waals surface area contributed by atoms with Crippen molar-refractivity contribution in [1.82, 2.24) is 5.01 Å². The summed E-state index contributed by atoms with van der Waals surface area (Å²) in [4.78, 5) is 22.8. The minimum atomic E-state index is -0.886. The predicted octanol–water partition coefficient (Wildman–Crippen LogP) is 4.00. The zero-order chi connectivity index (χ0) is 20.5. The summed E-state index contributed by atoms with van der Waals surface area (Å²) in [6.45, 7) is 1.37. The molecule has 1 aliphatic heterocycles. The Balaban J connectivity index is 1.79. The zero-order valence-electron chi connectivity index (χ0n) is 15.7. The van der Waals surface area contributed by atoms with Gasteiger partial charge in [0.15, 0.2) is 0 Å². The van der Waals surface area contributed by atoms with Crippen molar-refractivity contribution in [3.8, 4) is 5.75 Å². The van der Waals surface area contributed by atoms with Crippen LogP contribution in [0.4, 0.5) is 5.69 Å². The fourth-order valence-corrected chi connectivity index (χ4v) is 3.32. The first-order chi connectivity index (χ1) is 14.0. The molecule has 1 amide bonds. The molecule has 0 saturated carbocycles. The Kier molecular flexibility index (Phi) is 4.59. The molecule has 0 saturated heterocycles. The number of rotatable bonds is 4. The average molecular weight is 391 g/mol. The molecule has 0 radical (unpaired) electrons. The van der Waals surface area contributed by atoms with Crippen LogP contribution in [0.25, 0.3) is 10.8 Å². The Labute approximate surface area is 166 Å². The number of hydrazone groups is 1. The first-order valence-electron chi connectivity index (χ1n) is 8.85. The molecule has 1 aliphatic rings. The molecular formula is C21H17N3O5. The van der Waals surface area contributed by atoms with Crippen molar-refractivity contribution >= 4 is 28.3 Å². The number of ether oxygens (including phenoxy) is 2. The molecule has 3 aromatic carbocycles. The van der Waals surface area contributed by atoms with Crippen LogP contribution >= 0.6 is 0 Å². The van der Waals surface area contributed by atoms with E-state index >= 15 is 0 Å². The molecule has 0 N–H and O–H groups in total. The molecule has 146 valence electrons. The number of fused-ring (bicyclic) bond motifs is 1. The van der Waals surface area contributed by atoms with Gasteiger partial charge in [-0.25, -0.2) is 0 Å². The van der Waals surface area contributed by atoms with Crippen molar-refractivity contribution in [3.63, 3.8) is 0 Å². The zero-order valence-corrected chi connectivity index (χ0v) is 15.7. The van der Waals surface area contributed by atoms with E-state index in [1.807, 2.05) is 36.4 Å². The average Bonchev–Trinajstić information content (AvgIpc) is 3.18. The van der Waals surface area contributed by atoms with Gasteiger partial charge in [0, 0.05) is 35.6 Å². The lowest BCUT2D eigenvalue weighted by Gasteiger charge is -2.19. The van der Waals surface area contributed by atoms with E-state index in [1.54, 1.807) is 19.2 Å². The summed E-state index contributed by atoms with van der Waals surface area (Å²) >= 11 is 0. The summed E-state index contributed by atoms with van der Waals surface area (Å²) in [5.74, 6) is 0.631. The number of nitro groups is 1. The largest absolute Gasteiger partial charge is 0.496 e. The number of benzene rings is 3. The van der Waals surface area contributed by atoms with Gasteiger partial charge in [-0.3, -0.25) is 14.9 Å². The molecule has 8 nitrogen and oxygen atoms in total. The van der Waals surface area contributed by atoms with Crippen LogP contribution in [-0.2, 0) is 9.53 Å². The van der Waals surface area contributed by atoms with Gasteiger partial charge in [0.1, 0.15) is 5.75 Å². The molecule has 8 heteroatoms. The van der Waals surface area contributed by atoms with E-state index in [4.69, 9.17) is 9.47 Å². The molecule has 0 aromatic heterocycles. The number of amides is 1. The number of carbonyl (C=O) groups excluding carboxylic acids is 1. The van der Waals surface area contributed by atoms with Gasteiger partial charge in [-0.15, -0.1) is 5.10 Å². The standard InChI is InChI=1S/C21H17N3O5/c1-13(25)23-21(14-6-5-7-15(12-14)24(26)27)29-20(22-23)18-10-11-19(28-2)17-9-4-3-8-16(17)18/h3-12,21H,1-2H3/t21-/m0/s1. The van der Waals surface area contributed by atoms with Crippen LogP contribution in [0, 0.1) is 10.1 Å². The maximum absolute atomic E-state index is 12.2. The van der Waals surface area contributed by atoms with Gasteiger partial charge in [-0.05, 0) is 17.5 Å². The minimum absolute atomic E-state index is 0.0852. The van der Waals surface area contributed by atoms with E-state index < -0.39 is 11.2 Å². The SMILES string of the molecule is COc1ccc(C2=NN(C(C)=O)[C@H](c3cccc([N+](=O)[O-])c3)O2)c2ccccc12. The van der Waals surface area contributed by atoms with Crippen LogP contribution in [0.3, 0.4) is 0 Å². The maximum atomic E-state index is 12.2. The number of nitro benzene ring substituents is 1. The van der Waals surface area contributed by atoms with E-state index in [2.05, 4.69) is 5.10 Å². The number of hydrogen-bond donors (Lipinski definition) is 0. The van der Waals surface area contributed by atoms with Gasteiger partial charge >= 0.3 is 0 Å². The molecular weight excluding hydrogens is 374 g/mol. The summed E-state index contributed by atoms with van der Waals surface area (Å²) in [5, 5.41) is 18.4. The molecule has 0 spiro atoms. The number of methoxy groups -OCH3 is 1.